The summed E-state index contributed by atoms with van der Waals surface area (Å²) >= 11 is 0. The van der Waals surface area contributed by atoms with Crippen molar-refractivity contribution in [3.8, 4) is 0 Å². The standard InChI is InChI=1S/C27H31N5/c1-2-4-23-18-32(14-11-20(23)3-1)25-12-15-31(16-13-25)27-17-26(28-19-29-27)30-24-9-7-22(8-10-24)21-5-6-21/h1-4,7-10,17,19,21,25H,5-6,11-16,18H2,(H,28,29,30). The molecule has 1 aliphatic carbocycles. The highest BCUT2D eigenvalue weighted by atomic mass is 15.2. The van der Waals surface area contributed by atoms with Gasteiger partial charge in [0.15, 0.2) is 0 Å². The van der Waals surface area contributed by atoms with E-state index >= 15 is 0 Å². The van der Waals surface area contributed by atoms with Gasteiger partial charge in [-0.3, -0.25) is 4.90 Å². The molecule has 0 atom stereocenters. The molecule has 164 valence electrons. The van der Waals surface area contributed by atoms with Crippen molar-refractivity contribution < 1.29 is 0 Å². The van der Waals surface area contributed by atoms with E-state index in [1.54, 1.807) is 6.33 Å². The first-order valence-electron chi connectivity index (χ1n) is 12.1. The Labute approximate surface area is 190 Å². The summed E-state index contributed by atoms with van der Waals surface area (Å²) in [7, 11) is 0. The summed E-state index contributed by atoms with van der Waals surface area (Å²) in [6.45, 7) is 4.38. The molecule has 0 spiro atoms. The van der Waals surface area contributed by atoms with E-state index in [0.29, 0.717) is 6.04 Å². The van der Waals surface area contributed by atoms with Crippen molar-refractivity contribution in [2.75, 3.05) is 29.9 Å². The number of rotatable bonds is 5. The largest absolute Gasteiger partial charge is 0.356 e. The zero-order valence-electron chi connectivity index (χ0n) is 18.6. The molecule has 1 saturated carbocycles. The predicted octanol–water partition coefficient (Wildman–Crippen LogP) is 5.12. The first kappa shape index (κ1) is 19.7. The zero-order valence-corrected chi connectivity index (χ0v) is 18.6. The molecule has 3 aliphatic rings. The molecule has 0 radical (unpaired) electrons. The van der Waals surface area contributed by atoms with Crippen LogP contribution in [0.5, 0.6) is 0 Å². The number of hydrogen-bond donors (Lipinski definition) is 1. The van der Waals surface area contributed by atoms with Gasteiger partial charge in [0.25, 0.3) is 0 Å². The topological polar surface area (TPSA) is 44.3 Å². The van der Waals surface area contributed by atoms with E-state index in [1.807, 2.05) is 0 Å². The summed E-state index contributed by atoms with van der Waals surface area (Å²) in [6.07, 6.45) is 7.92. The molecule has 5 nitrogen and oxygen atoms in total. The molecule has 32 heavy (non-hydrogen) atoms. The lowest BCUT2D eigenvalue weighted by molar-refractivity contribution is 0.153. The van der Waals surface area contributed by atoms with Gasteiger partial charge in [-0.05, 0) is 66.8 Å². The van der Waals surface area contributed by atoms with Gasteiger partial charge >= 0.3 is 0 Å². The smallest absolute Gasteiger partial charge is 0.135 e. The van der Waals surface area contributed by atoms with Crippen molar-refractivity contribution in [1.29, 1.82) is 0 Å². The number of anilines is 3. The SMILES string of the molecule is c1ccc2c(c1)CCN(C1CCN(c3cc(Nc4ccc(C5CC5)cc4)ncn3)CC1)C2. The third kappa shape index (κ3) is 4.22. The third-order valence-corrected chi connectivity index (χ3v) is 7.35. The molecule has 5 heteroatoms. The van der Waals surface area contributed by atoms with Crippen LogP contribution in [0.15, 0.2) is 60.9 Å². The Kier molecular flexibility index (Phi) is 5.27. The Morgan fingerprint density at radius 2 is 1.59 bits per heavy atom. The molecule has 1 aromatic heterocycles. The molecule has 3 aromatic rings. The number of piperidine rings is 1. The molecule has 3 heterocycles. The number of benzene rings is 2. The van der Waals surface area contributed by atoms with Crippen LogP contribution >= 0.6 is 0 Å². The molecule has 1 saturated heterocycles. The molecule has 0 amide bonds. The molecule has 2 aliphatic heterocycles. The first-order valence-corrected chi connectivity index (χ1v) is 12.1. The summed E-state index contributed by atoms with van der Waals surface area (Å²) in [5, 5.41) is 3.45. The minimum Gasteiger partial charge on any atom is -0.356 e. The second-order valence-corrected chi connectivity index (χ2v) is 9.49. The lowest BCUT2D eigenvalue weighted by Gasteiger charge is -2.41. The minimum absolute atomic E-state index is 0.670. The number of nitrogens with one attached hydrogen (secondary N) is 1. The maximum absolute atomic E-state index is 4.58. The van der Waals surface area contributed by atoms with Gasteiger partial charge in [-0.2, -0.15) is 0 Å². The molecule has 1 N–H and O–H groups in total. The fourth-order valence-electron chi connectivity index (χ4n) is 5.28. The van der Waals surface area contributed by atoms with Crippen LogP contribution in [0.1, 0.15) is 48.3 Å². The molecule has 2 aromatic carbocycles. The second kappa shape index (κ2) is 8.55. The van der Waals surface area contributed by atoms with Crippen LogP contribution in [0.4, 0.5) is 17.3 Å². The van der Waals surface area contributed by atoms with Crippen LogP contribution in [0, 0.1) is 0 Å². The molecule has 0 bridgehead atoms. The van der Waals surface area contributed by atoms with Gasteiger partial charge < -0.3 is 10.2 Å². The van der Waals surface area contributed by atoms with Crippen LogP contribution in [-0.2, 0) is 13.0 Å². The van der Waals surface area contributed by atoms with Crippen molar-refractivity contribution in [2.24, 2.45) is 0 Å². The van der Waals surface area contributed by atoms with Gasteiger partial charge in [0.2, 0.25) is 0 Å². The van der Waals surface area contributed by atoms with Crippen LogP contribution in [0.2, 0.25) is 0 Å². The quantitative estimate of drug-likeness (QED) is 0.614. The highest BCUT2D eigenvalue weighted by molar-refractivity contribution is 5.60. The molecule has 0 unspecified atom stereocenters. The van der Waals surface area contributed by atoms with E-state index in [2.05, 4.69) is 79.7 Å². The molecule has 6 rings (SSSR count). The number of fused-ring (bicyclic) bond motifs is 1. The average Bonchev–Trinajstić information content (AvgIpc) is 3.70. The van der Waals surface area contributed by atoms with E-state index in [-0.39, 0.29) is 0 Å². The van der Waals surface area contributed by atoms with Gasteiger partial charge in [0, 0.05) is 44.0 Å². The van der Waals surface area contributed by atoms with Crippen molar-refractivity contribution in [3.63, 3.8) is 0 Å². The Balaban J connectivity index is 1.07. The third-order valence-electron chi connectivity index (χ3n) is 7.35. The lowest BCUT2D eigenvalue weighted by atomic mass is 9.95. The maximum atomic E-state index is 4.58. The van der Waals surface area contributed by atoms with Gasteiger partial charge in [0.1, 0.15) is 18.0 Å². The summed E-state index contributed by atoms with van der Waals surface area (Å²) in [6, 6.07) is 20.5. The number of hydrogen-bond acceptors (Lipinski definition) is 5. The highest BCUT2D eigenvalue weighted by Crippen LogP contribution is 2.40. The van der Waals surface area contributed by atoms with Crippen LogP contribution < -0.4 is 10.2 Å². The van der Waals surface area contributed by atoms with Crippen LogP contribution in [0.3, 0.4) is 0 Å². The van der Waals surface area contributed by atoms with E-state index in [0.717, 1.165) is 42.9 Å². The van der Waals surface area contributed by atoms with Gasteiger partial charge in [-0.1, -0.05) is 36.4 Å². The average molecular weight is 426 g/mol. The molecular weight excluding hydrogens is 394 g/mol. The monoisotopic (exact) mass is 425 g/mol. The lowest BCUT2D eigenvalue weighted by Crippen LogP contribution is -2.46. The highest BCUT2D eigenvalue weighted by Gasteiger charge is 2.28. The van der Waals surface area contributed by atoms with Crippen LogP contribution in [-0.4, -0.2) is 40.5 Å². The van der Waals surface area contributed by atoms with Gasteiger partial charge in [-0.25, -0.2) is 9.97 Å². The summed E-state index contributed by atoms with van der Waals surface area (Å²) in [4.78, 5) is 14.1. The van der Waals surface area contributed by atoms with E-state index in [4.69, 9.17) is 0 Å². The fraction of sp³-hybridized carbons (Fsp3) is 0.407. The Bertz CT molecular complexity index is 1070. The second-order valence-electron chi connectivity index (χ2n) is 9.49. The number of nitrogens with zero attached hydrogens (tertiary/aromatic N) is 4. The predicted molar refractivity (Wildman–Crippen MR) is 130 cm³/mol. The van der Waals surface area contributed by atoms with E-state index in [9.17, 15) is 0 Å². The van der Waals surface area contributed by atoms with Crippen molar-refractivity contribution in [3.05, 3.63) is 77.6 Å². The van der Waals surface area contributed by atoms with E-state index < -0.39 is 0 Å². The normalized spacial score (nSPS) is 19.6. The zero-order chi connectivity index (χ0) is 21.3. The summed E-state index contributed by atoms with van der Waals surface area (Å²) in [5.41, 5.74) is 5.59. The van der Waals surface area contributed by atoms with Gasteiger partial charge in [-0.15, -0.1) is 0 Å². The van der Waals surface area contributed by atoms with E-state index in [1.165, 1.54) is 55.3 Å². The van der Waals surface area contributed by atoms with Crippen molar-refractivity contribution in [2.45, 2.75) is 50.6 Å². The molecular formula is C27H31N5. The van der Waals surface area contributed by atoms with Crippen LogP contribution in [0.25, 0.3) is 0 Å². The van der Waals surface area contributed by atoms with Gasteiger partial charge in [0.05, 0.1) is 0 Å². The fourth-order valence-corrected chi connectivity index (χ4v) is 5.28. The Morgan fingerprint density at radius 1 is 0.812 bits per heavy atom. The first-order chi connectivity index (χ1) is 15.8. The Morgan fingerprint density at radius 3 is 2.38 bits per heavy atom. The van der Waals surface area contributed by atoms with Crippen molar-refractivity contribution >= 4 is 17.3 Å². The Hall–Kier alpha value is -2.92. The maximum Gasteiger partial charge on any atom is 0.135 e. The summed E-state index contributed by atoms with van der Waals surface area (Å²) < 4.78 is 0. The summed E-state index contributed by atoms with van der Waals surface area (Å²) in [5.74, 6) is 2.68. The molecule has 2 fully saturated rings. The minimum atomic E-state index is 0.670. The number of aromatic nitrogens is 2. The van der Waals surface area contributed by atoms with Crippen molar-refractivity contribution in [1.82, 2.24) is 14.9 Å².